The van der Waals surface area contributed by atoms with Crippen LogP contribution in [-0.2, 0) is 0 Å². The van der Waals surface area contributed by atoms with Crippen LogP contribution in [0.2, 0.25) is 0 Å². The second-order valence-electron chi connectivity index (χ2n) is 10.1. The predicted molar refractivity (Wildman–Crippen MR) is 90.5 cm³/mol. The fourth-order valence-electron chi connectivity index (χ4n) is 5.90. The SMILES string of the molecule is CC(C)(C)NCC1CCN(C2C3(C)CCC(C3)C2(C)C)C1. The molecule has 0 spiro atoms. The summed E-state index contributed by atoms with van der Waals surface area (Å²) in [6, 6.07) is 0.823. The molecule has 3 fully saturated rings. The predicted octanol–water partition coefficient (Wildman–Crippen LogP) is 3.91. The second-order valence-corrected chi connectivity index (χ2v) is 10.1. The number of rotatable bonds is 3. The first-order valence-corrected chi connectivity index (χ1v) is 9.11. The van der Waals surface area contributed by atoms with Gasteiger partial charge in [0.15, 0.2) is 0 Å². The van der Waals surface area contributed by atoms with Gasteiger partial charge in [-0.3, -0.25) is 4.90 Å². The number of nitrogens with zero attached hydrogens (tertiary/aromatic N) is 1. The van der Waals surface area contributed by atoms with Gasteiger partial charge < -0.3 is 5.32 Å². The van der Waals surface area contributed by atoms with Crippen molar-refractivity contribution in [1.29, 1.82) is 0 Å². The molecule has 1 heterocycles. The highest BCUT2D eigenvalue weighted by molar-refractivity contribution is 5.13. The van der Waals surface area contributed by atoms with Gasteiger partial charge in [-0.05, 0) is 82.2 Å². The van der Waals surface area contributed by atoms with Gasteiger partial charge in [-0.25, -0.2) is 0 Å². The molecule has 0 amide bonds. The smallest absolute Gasteiger partial charge is 0.0203 e. The molecule has 0 aromatic heterocycles. The molecule has 1 N–H and O–H groups in total. The average molecular weight is 293 g/mol. The number of likely N-dealkylation sites (tertiary alicyclic amines) is 1. The van der Waals surface area contributed by atoms with E-state index in [0.29, 0.717) is 10.8 Å². The Morgan fingerprint density at radius 3 is 2.43 bits per heavy atom. The van der Waals surface area contributed by atoms with Crippen molar-refractivity contribution < 1.29 is 0 Å². The normalized spacial score (nSPS) is 42.9. The number of hydrogen-bond acceptors (Lipinski definition) is 2. The fraction of sp³-hybridized carbons (Fsp3) is 1.00. The lowest BCUT2D eigenvalue weighted by Gasteiger charge is -2.48. The average Bonchev–Trinajstić information content (AvgIpc) is 2.97. The zero-order valence-electron chi connectivity index (χ0n) is 15.1. The maximum absolute atomic E-state index is 3.71. The van der Waals surface area contributed by atoms with E-state index in [2.05, 4.69) is 51.8 Å². The molecule has 2 aliphatic carbocycles. The molecule has 2 saturated carbocycles. The van der Waals surface area contributed by atoms with Crippen molar-refractivity contribution in [2.75, 3.05) is 19.6 Å². The quantitative estimate of drug-likeness (QED) is 0.848. The Morgan fingerprint density at radius 1 is 1.14 bits per heavy atom. The van der Waals surface area contributed by atoms with Crippen LogP contribution in [-0.4, -0.2) is 36.1 Å². The molecule has 3 aliphatic rings. The molecule has 1 saturated heterocycles. The van der Waals surface area contributed by atoms with Crippen molar-refractivity contribution in [3.63, 3.8) is 0 Å². The van der Waals surface area contributed by atoms with Gasteiger partial charge >= 0.3 is 0 Å². The Labute approximate surface area is 132 Å². The van der Waals surface area contributed by atoms with Crippen molar-refractivity contribution in [1.82, 2.24) is 10.2 Å². The summed E-state index contributed by atoms with van der Waals surface area (Å²) in [5.74, 6) is 1.82. The van der Waals surface area contributed by atoms with Crippen LogP contribution >= 0.6 is 0 Å². The minimum Gasteiger partial charge on any atom is -0.312 e. The molecule has 2 bridgehead atoms. The van der Waals surface area contributed by atoms with E-state index in [1.54, 1.807) is 0 Å². The van der Waals surface area contributed by atoms with Crippen LogP contribution in [0.1, 0.15) is 67.2 Å². The molecule has 1 aliphatic heterocycles. The van der Waals surface area contributed by atoms with Gasteiger partial charge in [0.1, 0.15) is 0 Å². The zero-order chi connectivity index (χ0) is 15.5. The van der Waals surface area contributed by atoms with E-state index in [0.717, 1.165) is 17.9 Å². The highest BCUT2D eigenvalue weighted by atomic mass is 15.2. The van der Waals surface area contributed by atoms with Crippen LogP contribution in [0.5, 0.6) is 0 Å². The van der Waals surface area contributed by atoms with Crippen molar-refractivity contribution in [2.24, 2.45) is 22.7 Å². The van der Waals surface area contributed by atoms with Crippen LogP contribution in [0.3, 0.4) is 0 Å². The molecular weight excluding hydrogens is 256 g/mol. The molecule has 3 rings (SSSR count). The van der Waals surface area contributed by atoms with E-state index in [-0.39, 0.29) is 5.54 Å². The molecule has 4 atom stereocenters. The molecule has 0 aromatic rings. The molecule has 21 heavy (non-hydrogen) atoms. The summed E-state index contributed by atoms with van der Waals surface area (Å²) in [5.41, 5.74) is 1.38. The molecule has 4 unspecified atom stereocenters. The van der Waals surface area contributed by atoms with Crippen LogP contribution in [0.4, 0.5) is 0 Å². The Balaban J connectivity index is 1.64. The first-order valence-electron chi connectivity index (χ1n) is 9.11. The number of nitrogens with one attached hydrogen (secondary N) is 1. The molecule has 2 nitrogen and oxygen atoms in total. The summed E-state index contributed by atoms with van der Waals surface area (Å²) in [5, 5.41) is 3.71. The van der Waals surface area contributed by atoms with Crippen LogP contribution in [0.25, 0.3) is 0 Å². The lowest BCUT2D eigenvalue weighted by Crippen LogP contribution is -2.52. The third kappa shape index (κ3) is 2.79. The van der Waals surface area contributed by atoms with Gasteiger partial charge in [-0.1, -0.05) is 20.8 Å². The summed E-state index contributed by atoms with van der Waals surface area (Å²) >= 11 is 0. The van der Waals surface area contributed by atoms with Crippen molar-refractivity contribution in [2.45, 2.75) is 78.8 Å². The molecular formula is C19H36N2. The van der Waals surface area contributed by atoms with Crippen molar-refractivity contribution in [3.8, 4) is 0 Å². The standard InChI is InChI=1S/C19H36N2/c1-17(2,3)20-12-14-8-10-21(13-14)16-18(4,5)15-7-9-19(16,6)11-15/h14-16,20H,7-13H2,1-6H3. The Morgan fingerprint density at radius 2 is 1.86 bits per heavy atom. The molecule has 122 valence electrons. The van der Waals surface area contributed by atoms with E-state index in [4.69, 9.17) is 0 Å². The van der Waals surface area contributed by atoms with E-state index in [1.165, 1.54) is 45.3 Å². The highest BCUT2D eigenvalue weighted by Crippen LogP contribution is 2.64. The van der Waals surface area contributed by atoms with Crippen molar-refractivity contribution in [3.05, 3.63) is 0 Å². The summed E-state index contributed by atoms with van der Waals surface area (Å²) in [4.78, 5) is 2.87. The van der Waals surface area contributed by atoms with Crippen molar-refractivity contribution >= 4 is 0 Å². The lowest BCUT2D eigenvalue weighted by molar-refractivity contribution is 0.0157. The summed E-state index contributed by atoms with van der Waals surface area (Å²) < 4.78 is 0. The second kappa shape index (κ2) is 4.96. The third-order valence-corrected chi connectivity index (χ3v) is 6.80. The highest BCUT2D eigenvalue weighted by Gasteiger charge is 2.61. The third-order valence-electron chi connectivity index (χ3n) is 6.80. The maximum Gasteiger partial charge on any atom is 0.0203 e. The minimum atomic E-state index is 0.255. The van der Waals surface area contributed by atoms with E-state index in [9.17, 15) is 0 Å². The molecule has 0 radical (unpaired) electrons. The van der Waals surface area contributed by atoms with Crippen LogP contribution < -0.4 is 5.32 Å². The largest absolute Gasteiger partial charge is 0.312 e. The Kier molecular flexibility index (Phi) is 3.73. The van der Waals surface area contributed by atoms with Crippen LogP contribution in [0, 0.1) is 22.7 Å². The van der Waals surface area contributed by atoms with Gasteiger partial charge in [0.05, 0.1) is 0 Å². The summed E-state index contributed by atoms with van der Waals surface area (Å²) in [6.45, 7) is 18.3. The zero-order valence-corrected chi connectivity index (χ0v) is 15.1. The Hall–Kier alpha value is -0.0800. The first kappa shape index (κ1) is 15.8. The van der Waals surface area contributed by atoms with Gasteiger partial charge in [0.25, 0.3) is 0 Å². The monoisotopic (exact) mass is 292 g/mol. The molecule has 0 aromatic carbocycles. The van der Waals surface area contributed by atoms with Gasteiger partial charge in [-0.15, -0.1) is 0 Å². The lowest BCUT2D eigenvalue weighted by atomic mass is 9.68. The van der Waals surface area contributed by atoms with Gasteiger partial charge in [0.2, 0.25) is 0 Å². The topological polar surface area (TPSA) is 15.3 Å². The Bertz CT molecular complexity index is 390. The summed E-state index contributed by atoms with van der Waals surface area (Å²) in [7, 11) is 0. The first-order chi connectivity index (χ1) is 9.62. The van der Waals surface area contributed by atoms with E-state index in [1.807, 2.05) is 0 Å². The number of fused-ring (bicyclic) bond motifs is 2. The van der Waals surface area contributed by atoms with E-state index < -0.39 is 0 Å². The number of hydrogen-bond donors (Lipinski definition) is 1. The van der Waals surface area contributed by atoms with E-state index >= 15 is 0 Å². The van der Waals surface area contributed by atoms with Gasteiger partial charge in [-0.2, -0.15) is 0 Å². The fourth-order valence-corrected chi connectivity index (χ4v) is 5.90. The minimum absolute atomic E-state index is 0.255. The molecule has 2 heteroatoms. The summed E-state index contributed by atoms with van der Waals surface area (Å²) in [6.07, 6.45) is 5.80. The maximum atomic E-state index is 3.71. The van der Waals surface area contributed by atoms with Crippen LogP contribution in [0.15, 0.2) is 0 Å². The van der Waals surface area contributed by atoms with Gasteiger partial charge in [0, 0.05) is 18.1 Å².